The van der Waals surface area contributed by atoms with Crippen LogP contribution < -0.4 is 5.32 Å². The highest BCUT2D eigenvalue weighted by Crippen LogP contribution is 2.30. The van der Waals surface area contributed by atoms with Crippen LogP contribution in [0.4, 0.5) is 10.5 Å². The number of nitrogens with zero attached hydrogens (tertiary/aromatic N) is 4. The van der Waals surface area contributed by atoms with Crippen molar-refractivity contribution in [3.63, 3.8) is 0 Å². The first-order valence-corrected chi connectivity index (χ1v) is 7.36. The Morgan fingerprint density at radius 2 is 2.00 bits per heavy atom. The first-order valence-electron chi connectivity index (χ1n) is 7.36. The molecule has 2 saturated heterocycles. The summed E-state index contributed by atoms with van der Waals surface area (Å²) in [7, 11) is 2.16. The molecule has 2 aliphatic rings. The second kappa shape index (κ2) is 4.73. The average molecular weight is 285 g/mol. The van der Waals surface area contributed by atoms with E-state index in [0.29, 0.717) is 11.8 Å². The fourth-order valence-corrected chi connectivity index (χ4v) is 3.59. The minimum Gasteiger partial charge on any atom is -0.324 e. The van der Waals surface area contributed by atoms with Crippen molar-refractivity contribution >= 4 is 17.4 Å². The number of carbonyl (C=O) groups is 1. The second-order valence-corrected chi connectivity index (χ2v) is 6.19. The van der Waals surface area contributed by atoms with Crippen LogP contribution in [0.5, 0.6) is 0 Å². The van der Waals surface area contributed by atoms with Crippen LogP contribution in [-0.4, -0.2) is 58.4 Å². The van der Waals surface area contributed by atoms with Crippen LogP contribution in [0.15, 0.2) is 30.7 Å². The van der Waals surface area contributed by atoms with E-state index in [9.17, 15) is 4.79 Å². The van der Waals surface area contributed by atoms with Crippen molar-refractivity contribution in [2.24, 2.45) is 11.8 Å². The number of nitrogens with one attached hydrogen (secondary N) is 1. The van der Waals surface area contributed by atoms with Gasteiger partial charge in [-0.2, -0.15) is 0 Å². The lowest BCUT2D eigenvalue weighted by Crippen LogP contribution is -2.35. The molecule has 0 bridgehead atoms. The van der Waals surface area contributed by atoms with Crippen LogP contribution >= 0.6 is 0 Å². The molecule has 110 valence electrons. The normalized spacial score (nSPS) is 25.5. The number of rotatable bonds is 1. The zero-order valence-corrected chi connectivity index (χ0v) is 12.1. The monoisotopic (exact) mass is 285 g/mol. The van der Waals surface area contributed by atoms with E-state index in [4.69, 9.17) is 0 Å². The van der Waals surface area contributed by atoms with Gasteiger partial charge >= 0.3 is 6.03 Å². The summed E-state index contributed by atoms with van der Waals surface area (Å²) in [6, 6.07) is 3.81. The molecule has 2 amide bonds. The number of hydrogen-bond acceptors (Lipinski definition) is 3. The van der Waals surface area contributed by atoms with Crippen molar-refractivity contribution in [1.29, 1.82) is 0 Å². The Hall–Kier alpha value is -2.08. The molecule has 0 unspecified atom stereocenters. The number of pyridine rings is 1. The molecule has 4 heterocycles. The van der Waals surface area contributed by atoms with Gasteiger partial charge in [0, 0.05) is 44.8 Å². The molecule has 0 aromatic carbocycles. The Balaban J connectivity index is 1.44. The molecule has 0 saturated carbocycles. The van der Waals surface area contributed by atoms with Crippen LogP contribution in [0.1, 0.15) is 0 Å². The second-order valence-electron chi connectivity index (χ2n) is 6.19. The van der Waals surface area contributed by atoms with Gasteiger partial charge in [0.1, 0.15) is 5.65 Å². The van der Waals surface area contributed by atoms with E-state index < -0.39 is 0 Å². The van der Waals surface area contributed by atoms with Crippen LogP contribution in [0.3, 0.4) is 0 Å². The van der Waals surface area contributed by atoms with Crippen LogP contribution in [-0.2, 0) is 0 Å². The van der Waals surface area contributed by atoms with Crippen molar-refractivity contribution in [3.8, 4) is 0 Å². The van der Waals surface area contributed by atoms with Crippen LogP contribution in [0.2, 0.25) is 0 Å². The number of aromatic nitrogens is 2. The van der Waals surface area contributed by atoms with E-state index in [1.807, 2.05) is 33.8 Å². The van der Waals surface area contributed by atoms with E-state index in [2.05, 4.69) is 22.2 Å². The summed E-state index contributed by atoms with van der Waals surface area (Å²) in [5.74, 6) is 1.27. The van der Waals surface area contributed by atoms with Gasteiger partial charge in [-0.15, -0.1) is 0 Å². The molecule has 0 spiro atoms. The van der Waals surface area contributed by atoms with E-state index in [1.54, 1.807) is 6.20 Å². The maximum Gasteiger partial charge on any atom is 0.321 e. The highest BCUT2D eigenvalue weighted by atomic mass is 16.2. The van der Waals surface area contributed by atoms with Crippen molar-refractivity contribution in [1.82, 2.24) is 19.2 Å². The summed E-state index contributed by atoms with van der Waals surface area (Å²) in [6.45, 7) is 3.95. The largest absolute Gasteiger partial charge is 0.324 e. The van der Waals surface area contributed by atoms with E-state index in [0.717, 1.165) is 37.5 Å². The van der Waals surface area contributed by atoms with Crippen LogP contribution in [0.25, 0.3) is 5.65 Å². The van der Waals surface area contributed by atoms with Gasteiger partial charge in [-0.1, -0.05) is 0 Å². The zero-order chi connectivity index (χ0) is 14.4. The number of imidazole rings is 1. The number of fused-ring (bicyclic) bond motifs is 2. The van der Waals surface area contributed by atoms with Crippen molar-refractivity contribution in [2.45, 2.75) is 0 Å². The Morgan fingerprint density at radius 1 is 1.24 bits per heavy atom. The SMILES string of the molecule is CN1C[C@@H]2CN(C(=O)Nc3ccc4nccn4c3)C[C@@H]2C1. The zero-order valence-electron chi connectivity index (χ0n) is 12.1. The number of anilines is 1. The van der Waals surface area contributed by atoms with Gasteiger partial charge in [-0.25, -0.2) is 9.78 Å². The summed E-state index contributed by atoms with van der Waals surface area (Å²) < 4.78 is 1.91. The molecular formula is C15H19N5O. The molecule has 2 aromatic heterocycles. The number of urea groups is 1. The minimum atomic E-state index is 0.00604. The lowest BCUT2D eigenvalue weighted by Gasteiger charge is -2.20. The van der Waals surface area contributed by atoms with Crippen LogP contribution in [0, 0.1) is 11.8 Å². The fourth-order valence-electron chi connectivity index (χ4n) is 3.59. The first-order chi connectivity index (χ1) is 10.2. The summed E-state index contributed by atoms with van der Waals surface area (Å²) in [5, 5.41) is 2.99. The fraction of sp³-hybridized carbons (Fsp3) is 0.467. The standard InChI is InChI=1S/C15H19N5O/c1-18-6-11-8-20(9-12(11)7-18)15(21)17-13-2-3-14-16-4-5-19(14)10-13/h2-5,10-12H,6-9H2,1H3,(H,17,21)/t11-,12+. The Kier molecular flexibility index (Phi) is 2.85. The predicted molar refractivity (Wildman–Crippen MR) is 80.3 cm³/mol. The Labute approximate surface area is 123 Å². The van der Waals surface area contributed by atoms with Gasteiger partial charge in [0.2, 0.25) is 0 Å². The molecule has 6 heteroatoms. The third-order valence-corrected chi connectivity index (χ3v) is 4.60. The van der Waals surface area contributed by atoms with Crippen molar-refractivity contribution in [2.75, 3.05) is 38.5 Å². The third kappa shape index (κ3) is 2.25. The number of carbonyl (C=O) groups excluding carboxylic acids is 1. The molecular weight excluding hydrogens is 266 g/mol. The lowest BCUT2D eigenvalue weighted by molar-refractivity contribution is 0.215. The van der Waals surface area contributed by atoms with Gasteiger partial charge in [0.05, 0.1) is 5.69 Å². The van der Waals surface area contributed by atoms with Gasteiger partial charge in [-0.3, -0.25) is 0 Å². The maximum absolute atomic E-state index is 12.4. The third-order valence-electron chi connectivity index (χ3n) is 4.60. The minimum absolute atomic E-state index is 0.00604. The smallest absolute Gasteiger partial charge is 0.321 e. The first kappa shape index (κ1) is 12.6. The molecule has 4 rings (SSSR count). The molecule has 2 aliphatic heterocycles. The molecule has 1 N–H and O–H groups in total. The topological polar surface area (TPSA) is 52.9 Å². The number of amides is 2. The molecule has 2 fully saturated rings. The van der Waals surface area contributed by atoms with E-state index >= 15 is 0 Å². The van der Waals surface area contributed by atoms with E-state index in [-0.39, 0.29) is 6.03 Å². The quantitative estimate of drug-likeness (QED) is 0.861. The Morgan fingerprint density at radius 3 is 2.76 bits per heavy atom. The van der Waals surface area contributed by atoms with Gasteiger partial charge in [0.15, 0.2) is 0 Å². The molecule has 0 aliphatic carbocycles. The highest BCUT2D eigenvalue weighted by Gasteiger charge is 2.40. The number of hydrogen-bond donors (Lipinski definition) is 1. The average Bonchev–Trinajstić information content (AvgIpc) is 3.11. The summed E-state index contributed by atoms with van der Waals surface area (Å²) >= 11 is 0. The van der Waals surface area contributed by atoms with Crippen molar-refractivity contribution < 1.29 is 4.79 Å². The summed E-state index contributed by atoms with van der Waals surface area (Å²) in [5.41, 5.74) is 1.69. The Bertz CT molecular complexity index is 668. The molecule has 2 atom stereocenters. The lowest BCUT2D eigenvalue weighted by atomic mass is 10.0. The van der Waals surface area contributed by atoms with Gasteiger partial charge in [-0.05, 0) is 31.0 Å². The highest BCUT2D eigenvalue weighted by molar-refractivity contribution is 5.89. The van der Waals surface area contributed by atoms with Gasteiger partial charge < -0.3 is 19.5 Å². The molecule has 21 heavy (non-hydrogen) atoms. The molecule has 0 radical (unpaired) electrons. The maximum atomic E-state index is 12.4. The summed E-state index contributed by atoms with van der Waals surface area (Å²) in [4.78, 5) is 20.9. The van der Waals surface area contributed by atoms with E-state index in [1.165, 1.54) is 0 Å². The van der Waals surface area contributed by atoms with Gasteiger partial charge in [0.25, 0.3) is 0 Å². The predicted octanol–water partition coefficient (Wildman–Crippen LogP) is 1.36. The molecule has 6 nitrogen and oxygen atoms in total. The molecule has 2 aromatic rings. The number of likely N-dealkylation sites (tertiary alicyclic amines) is 2. The van der Waals surface area contributed by atoms with Crippen molar-refractivity contribution in [3.05, 3.63) is 30.7 Å². The summed E-state index contributed by atoms with van der Waals surface area (Å²) in [6.07, 6.45) is 5.52.